The number of carbonyl (C=O) groups excluding carboxylic acids is 1. The molecule has 0 fully saturated rings. The van der Waals surface area contributed by atoms with Gasteiger partial charge in [0.05, 0.1) is 7.11 Å². The van der Waals surface area contributed by atoms with E-state index in [2.05, 4.69) is 0 Å². The first-order valence-corrected chi connectivity index (χ1v) is 5.83. The molecule has 0 unspecified atom stereocenters. The van der Waals surface area contributed by atoms with Crippen LogP contribution in [-0.4, -0.2) is 25.2 Å². The lowest BCUT2D eigenvalue weighted by atomic mass is 9.96. The fourth-order valence-electron chi connectivity index (χ4n) is 1.73. The molecule has 0 saturated heterocycles. The number of hydrogen-bond donors (Lipinski definition) is 0. The highest BCUT2D eigenvalue weighted by Gasteiger charge is 2.60. The van der Waals surface area contributed by atoms with Gasteiger partial charge >= 0.3 is 12.4 Å². The Morgan fingerprint density at radius 3 is 2.14 bits per heavy atom. The van der Waals surface area contributed by atoms with Crippen molar-refractivity contribution in [2.45, 2.75) is 18.8 Å². The summed E-state index contributed by atoms with van der Waals surface area (Å²) >= 11 is 5.61. The predicted octanol–water partition coefficient (Wildman–Crippen LogP) is 4.20. The summed E-state index contributed by atoms with van der Waals surface area (Å²) < 4.78 is 79.4. The molecular formula is C12H9ClF6O2. The molecule has 0 aliphatic rings. The summed E-state index contributed by atoms with van der Waals surface area (Å²) in [6.45, 7) is 0. The Morgan fingerprint density at radius 1 is 1.19 bits per heavy atom. The molecule has 0 bridgehead atoms. The maximum atomic E-state index is 12.4. The third-order valence-electron chi connectivity index (χ3n) is 2.58. The van der Waals surface area contributed by atoms with Crippen LogP contribution in [0.2, 0.25) is 5.02 Å². The Balaban J connectivity index is 3.11. The summed E-state index contributed by atoms with van der Waals surface area (Å²) in [7, 11) is 1.17. The van der Waals surface area contributed by atoms with Crippen molar-refractivity contribution in [3.05, 3.63) is 28.8 Å². The molecule has 0 radical (unpaired) electrons. The average Bonchev–Trinajstić information content (AvgIpc) is 2.24. The number of carbonyl (C=O) groups is 1. The van der Waals surface area contributed by atoms with Gasteiger partial charge in [0, 0.05) is 17.0 Å². The zero-order valence-corrected chi connectivity index (χ0v) is 11.2. The molecule has 0 amide bonds. The first-order chi connectivity index (χ1) is 9.46. The number of Topliss-reactive ketones (excluding diaryl/α,β-unsaturated/α-hetero) is 1. The van der Waals surface area contributed by atoms with Crippen LogP contribution in [0.15, 0.2) is 18.2 Å². The first-order valence-electron chi connectivity index (χ1n) is 5.45. The minimum atomic E-state index is -5.71. The fourth-order valence-corrected chi connectivity index (χ4v) is 1.92. The van der Waals surface area contributed by atoms with Crippen molar-refractivity contribution >= 4 is 17.4 Å². The first kappa shape index (κ1) is 17.6. The summed E-state index contributed by atoms with van der Waals surface area (Å²) in [6, 6.07) is 3.67. The van der Waals surface area contributed by atoms with Crippen molar-refractivity contribution in [3.63, 3.8) is 0 Å². The SMILES string of the molecule is COc1ccc(Cl)cc1CC(=O)C(C(F)(F)F)C(F)(F)F. The van der Waals surface area contributed by atoms with Gasteiger partial charge in [-0.2, -0.15) is 26.3 Å². The molecule has 0 N–H and O–H groups in total. The van der Waals surface area contributed by atoms with Crippen LogP contribution in [0.1, 0.15) is 5.56 Å². The Labute approximate surface area is 120 Å². The van der Waals surface area contributed by atoms with E-state index in [9.17, 15) is 31.1 Å². The Kier molecular flexibility index (Phi) is 5.14. The van der Waals surface area contributed by atoms with E-state index in [1.54, 1.807) is 0 Å². The van der Waals surface area contributed by atoms with Crippen molar-refractivity contribution in [2.24, 2.45) is 5.92 Å². The molecule has 0 aliphatic carbocycles. The second-order valence-corrected chi connectivity index (χ2v) is 4.55. The standard InChI is InChI=1S/C12H9ClF6O2/c1-21-9-3-2-7(13)4-6(9)5-8(20)10(11(14,15)16)12(17,18)19/h2-4,10H,5H2,1H3. The van der Waals surface area contributed by atoms with Crippen molar-refractivity contribution in [1.82, 2.24) is 0 Å². The van der Waals surface area contributed by atoms with Crippen LogP contribution in [0.4, 0.5) is 26.3 Å². The molecule has 0 aromatic heterocycles. The Morgan fingerprint density at radius 2 is 1.71 bits per heavy atom. The van der Waals surface area contributed by atoms with Gasteiger partial charge in [-0.1, -0.05) is 11.6 Å². The second kappa shape index (κ2) is 6.13. The number of hydrogen-bond acceptors (Lipinski definition) is 2. The normalized spacial score (nSPS) is 12.6. The minimum absolute atomic E-state index is 0.0177. The van der Waals surface area contributed by atoms with Crippen LogP contribution in [0.3, 0.4) is 0 Å². The molecule has 2 nitrogen and oxygen atoms in total. The van der Waals surface area contributed by atoms with Gasteiger partial charge in [-0.05, 0) is 18.2 Å². The lowest BCUT2D eigenvalue weighted by molar-refractivity contribution is -0.273. The molecule has 0 aliphatic heterocycles. The molecule has 0 spiro atoms. The van der Waals surface area contributed by atoms with Crippen LogP contribution in [0.5, 0.6) is 5.75 Å². The molecule has 1 rings (SSSR count). The number of ketones is 1. The quantitative estimate of drug-likeness (QED) is 0.771. The molecule has 1 aromatic rings. The van der Waals surface area contributed by atoms with E-state index in [-0.39, 0.29) is 16.3 Å². The molecule has 9 heteroatoms. The second-order valence-electron chi connectivity index (χ2n) is 4.12. The number of rotatable bonds is 4. The molecular weight excluding hydrogens is 326 g/mol. The highest BCUT2D eigenvalue weighted by atomic mass is 35.5. The van der Waals surface area contributed by atoms with Crippen molar-refractivity contribution in [3.8, 4) is 5.75 Å². The summed E-state index contributed by atoms with van der Waals surface area (Å²) in [6.07, 6.45) is -12.5. The molecule has 0 heterocycles. The maximum Gasteiger partial charge on any atom is 0.407 e. The summed E-state index contributed by atoms with van der Waals surface area (Å²) in [5, 5.41) is 0.0640. The van der Waals surface area contributed by atoms with Crippen molar-refractivity contribution < 1.29 is 35.9 Å². The van der Waals surface area contributed by atoms with E-state index < -0.39 is 30.5 Å². The molecule has 1 aromatic carbocycles. The van der Waals surface area contributed by atoms with Crippen LogP contribution in [0, 0.1) is 5.92 Å². The summed E-state index contributed by atoms with van der Waals surface area (Å²) in [4.78, 5) is 11.4. The zero-order valence-electron chi connectivity index (χ0n) is 10.5. The lowest BCUT2D eigenvalue weighted by Gasteiger charge is -2.22. The summed E-state index contributed by atoms with van der Waals surface area (Å²) in [5.74, 6) is -6.07. The number of alkyl halides is 6. The number of halogens is 7. The monoisotopic (exact) mass is 334 g/mol. The molecule has 21 heavy (non-hydrogen) atoms. The van der Waals surface area contributed by atoms with Gasteiger partial charge in [-0.15, -0.1) is 0 Å². The van der Waals surface area contributed by atoms with Gasteiger partial charge in [0.25, 0.3) is 0 Å². The van der Waals surface area contributed by atoms with E-state index in [0.717, 1.165) is 6.07 Å². The van der Waals surface area contributed by atoms with E-state index in [1.807, 2.05) is 0 Å². The smallest absolute Gasteiger partial charge is 0.407 e. The van der Waals surface area contributed by atoms with E-state index >= 15 is 0 Å². The van der Waals surface area contributed by atoms with E-state index in [1.165, 1.54) is 19.2 Å². The average molecular weight is 335 g/mol. The molecule has 0 atom stereocenters. The van der Waals surface area contributed by atoms with Crippen LogP contribution < -0.4 is 4.74 Å². The summed E-state index contributed by atoms with van der Waals surface area (Å²) in [5.41, 5.74) is -0.145. The van der Waals surface area contributed by atoms with Gasteiger partial charge in [0.15, 0.2) is 5.78 Å². The van der Waals surface area contributed by atoms with Crippen LogP contribution >= 0.6 is 11.6 Å². The molecule has 118 valence electrons. The van der Waals surface area contributed by atoms with Gasteiger partial charge in [0.2, 0.25) is 5.92 Å². The molecule has 0 saturated carbocycles. The Bertz CT molecular complexity index is 509. The van der Waals surface area contributed by atoms with Crippen LogP contribution in [-0.2, 0) is 11.2 Å². The van der Waals surface area contributed by atoms with Gasteiger partial charge in [-0.3, -0.25) is 4.79 Å². The van der Waals surface area contributed by atoms with Gasteiger partial charge in [-0.25, -0.2) is 0 Å². The maximum absolute atomic E-state index is 12.4. The van der Waals surface area contributed by atoms with Crippen LogP contribution in [0.25, 0.3) is 0 Å². The van der Waals surface area contributed by atoms with E-state index in [0.29, 0.717) is 0 Å². The Hall–Kier alpha value is -1.44. The van der Waals surface area contributed by atoms with Crippen molar-refractivity contribution in [2.75, 3.05) is 7.11 Å². The number of methoxy groups -OCH3 is 1. The minimum Gasteiger partial charge on any atom is -0.496 e. The van der Waals surface area contributed by atoms with Gasteiger partial charge < -0.3 is 4.74 Å². The zero-order chi connectivity index (χ0) is 16.4. The highest BCUT2D eigenvalue weighted by Crippen LogP contribution is 2.40. The largest absolute Gasteiger partial charge is 0.496 e. The van der Waals surface area contributed by atoms with E-state index in [4.69, 9.17) is 16.3 Å². The number of ether oxygens (including phenoxy) is 1. The third kappa shape index (κ3) is 4.52. The fraction of sp³-hybridized carbons (Fsp3) is 0.417. The topological polar surface area (TPSA) is 26.3 Å². The third-order valence-corrected chi connectivity index (χ3v) is 2.82. The van der Waals surface area contributed by atoms with Gasteiger partial charge in [0.1, 0.15) is 5.75 Å². The number of benzene rings is 1. The predicted molar refractivity (Wildman–Crippen MR) is 62.3 cm³/mol. The highest BCUT2D eigenvalue weighted by molar-refractivity contribution is 6.30. The lowest BCUT2D eigenvalue weighted by Crippen LogP contribution is -2.43. The van der Waals surface area contributed by atoms with Crippen molar-refractivity contribution in [1.29, 1.82) is 0 Å².